The lowest BCUT2D eigenvalue weighted by Crippen LogP contribution is -2.48. The Bertz CT molecular complexity index is 1250. The summed E-state index contributed by atoms with van der Waals surface area (Å²) in [5.41, 5.74) is 6.46. The largest absolute Gasteiger partial charge is 0.467 e. The summed E-state index contributed by atoms with van der Waals surface area (Å²) in [6.07, 6.45) is 3.93. The molecule has 6 rings (SSSR count). The molecule has 1 aromatic heterocycles. The van der Waals surface area contributed by atoms with Crippen molar-refractivity contribution in [2.24, 2.45) is 5.92 Å². The molecule has 162 valence electrons. The van der Waals surface area contributed by atoms with Crippen molar-refractivity contribution in [3.05, 3.63) is 60.2 Å². The SMILES string of the molecule is C=CC(=O)N1CCN(c2nc(OC)nc3cc(-c4cccc5c4CC4CC54)ccc23)CC1. The van der Waals surface area contributed by atoms with Crippen LogP contribution in [0.3, 0.4) is 0 Å². The zero-order chi connectivity index (χ0) is 21.8. The third kappa shape index (κ3) is 3.05. The van der Waals surface area contributed by atoms with Gasteiger partial charge in [0.15, 0.2) is 0 Å². The molecule has 32 heavy (non-hydrogen) atoms. The number of benzene rings is 2. The third-order valence-corrected chi connectivity index (χ3v) is 7.22. The molecule has 3 aromatic rings. The first-order valence-corrected chi connectivity index (χ1v) is 11.3. The average Bonchev–Trinajstić information content (AvgIpc) is 3.53. The number of ether oxygens (including phenoxy) is 1. The fourth-order valence-electron chi connectivity index (χ4n) is 5.43. The van der Waals surface area contributed by atoms with E-state index in [1.807, 2.05) is 4.90 Å². The number of fused-ring (bicyclic) bond motifs is 4. The van der Waals surface area contributed by atoms with E-state index in [-0.39, 0.29) is 5.91 Å². The number of nitrogens with zero attached hydrogens (tertiary/aromatic N) is 4. The van der Waals surface area contributed by atoms with E-state index < -0.39 is 0 Å². The number of rotatable bonds is 4. The van der Waals surface area contributed by atoms with Crippen molar-refractivity contribution < 1.29 is 9.53 Å². The standard InChI is InChI=1S/C26H26N4O2/c1-3-24(31)29-9-11-30(12-10-29)25-20-8-7-16(15-23(20)27-26(28-25)32-2)18-5-4-6-19-21-13-17(21)14-22(18)19/h3-8,15,17,21H,1,9-14H2,2H3. The normalized spacial score (nSPS) is 21.3. The number of amides is 1. The molecular weight excluding hydrogens is 400 g/mol. The summed E-state index contributed by atoms with van der Waals surface area (Å²) in [6.45, 7) is 6.32. The van der Waals surface area contributed by atoms with Crippen LogP contribution < -0.4 is 9.64 Å². The van der Waals surface area contributed by atoms with Crippen LogP contribution in [0.15, 0.2) is 49.1 Å². The van der Waals surface area contributed by atoms with E-state index in [2.05, 4.69) is 57.8 Å². The molecule has 1 amide bonds. The summed E-state index contributed by atoms with van der Waals surface area (Å²) in [6, 6.07) is 13.6. The van der Waals surface area contributed by atoms with Gasteiger partial charge in [0.1, 0.15) is 5.82 Å². The Balaban J connectivity index is 1.38. The Hall–Kier alpha value is -3.41. The molecule has 2 aliphatic carbocycles. The number of aromatic nitrogens is 2. The third-order valence-electron chi connectivity index (χ3n) is 7.22. The smallest absolute Gasteiger partial charge is 0.318 e. The molecular formula is C26H26N4O2. The Morgan fingerprint density at radius 1 is 1.16 bits per heavy atom. The molecule has 1 saturated carbocycles. The van der Waals surface area contributed by atoms with Gasteiger partial charge >= 0.3 is 6.01 Å². The lowest BCUT2D eigenvalue weighted by atomic mass is 9.94. The van der Waals surface area contributed by atoms with E-state index in [0.29, 0.717) is 32.2 Å². The topological polar surface area (TPSA) is 58.6 Å². The number of carbonyl (C=O) groups excluding carboxylic acids is 1. The molecule has 0 radical (unpaired) electrons. The van der Waals surface area contributed by atoms with Crippen LogP contribution in [0, 0.1) is 5.92 Å². The highest BCUT2D eigenvalue weighted by Gasteiger charge is 2.45. The number of anilines is 1. The first kappa shape index (κ1) is 19.3. The van der Waals surface area contributed by atoms with E-state index in [4.69, 9.17) is 4.74 Å². The molecule has 2 atom stereocenters. The lowest BCUT2D eigenvalue weighted by Gasteiger charge is -2.35. The van der Waals surface area contributed by atoms with Gasteiger partial charge in [-0.05, 0) is 65.1 Å². The van der Waals surface area contributed by atoms with Crippen LogP contribution in [-0.4, -0.2) is 54.1 Å². The van der Waals surface area contributed by atoms with Crippen LogP contribution in [0.1, 0.15) is 23.5 Å². The summed E-state index contributed by atoms with van der Waals surface area (Å²) in [4.78, 5) is 25.3. The molecule has 0 bridgehead atoms. The first-order valence-electron chi connectivity index (χ1n) is 11.3. The van der Waals surface area contributed by atoms with E-state index in [0.717, 1.165) is 28.6 Å². The van der Waals surface area contributed by atoms with E-state index in [1.165, 1.54) is 35.6 Å². The summed E-state index contributed by atoms with van der Waals surface area (Å²) >= 11 is 0. The second kappa shape index (κ2) is 7.33. The van der Waals surface area contributed by atoms with Crippen molar-refractivity contribution >= 4 is 22.6 Å². The lowest BCUT2D eigenvalue weighted by molar-refractivity contribution is -0.126. The van der Waals surface area contributed by atoms with Crippen molar-refractivity contribution in [1.29, 1.82) is 0 Å². The Labute approximate surface area is 187 Å². The Morgan fingerprint density at radius 3 is 2.78 bits per heavy atom. The van der Waals surface area contributed by atoms with Gasteiger partial charge in [-0.2, -0.15) is 9.97 Å². The maximum atomic E-state index is 11.9. The number of hydrogen-bond donors (Lipinski definition) is 0. The van der Waals surface area contributed by atoms with Crippen molar-refractivity contribution in [1.82, 2.24) is 14.9 Å². The Kier molecular flexibility index (Phi) is 4.42. The molecule has 6 heteroatoms. The van der Waals surface area contributed by atoms with Crippen molar-refractivity contribution in [2.75, 3.05) is 38.2 Å². The molecule has 0 N–H and O–H groups in total. The second-order valence-electron chi connectivity index (χ2n) is 8.96. The quantitative estimate of drug-likeness (QED) is 0.594. The van der Waals surface area contributed by atoms with Gasteiger partial charge < -0.3 is 14.5 Å². The minimum atomic E-state index is -0.0209. The van der Waals surface area contributed by atoms with Gasteiger partial charge in [-0.3, -0.25) is 4.79 Å². The second-order valence-corrected chi connectivity index (χ2v) is 8.96. The van der Waals surface area contributed by atoms with Crippen molar-refractivity contribution in [3.8, 4) is 17.1 Å². The molecule has 2 fully saturated rings. The van der Waals surface area contributed by atoms with Crippen LogP contribution in [0.4, 0.5) is 5.82 Å². The van der Waals surface area contributed by atoms with Crippen LogP contribution in [0.5, 0.6) is 6.01 Å². The highest BCUT2D eigenvalue weighted by atomic mass is 16.5. The van der Waals surface area contributed by atoms with Gasteiger partial charge in [0.05, 0.1) is 12.6 Å². The first-order chi connectivity index (χ1) is 15.7. The van der Waals surface area contributed by atoms with Crippen molar-refractivity contribution in [2.45, 2.75) is 18.8 Å². The van der Waals surface area contributed by atoms with Crippen LogP contribution in [0.2, 0.25) is 0 Å². The fourth-order valence-corrected chi connectivity index (χ4v) is 5.43. The average molecular weight is 427 g/mol. The fraction of sp³-hybridized carbons (Fsp3) is 0.346. The number of piperazine rings is 1. The molecule has 2 unspecified atom stereocenters. The van der Waals surface area contributed by atoms with E-state index in [1.54, 1.807) is 12.7 Å². The molecule has 6 nitrogen and oxygen atoms in total. The molecule has 2 aromatic carbocycles. The number of carbonyl (C=O) groups is 1. The van der Waals surface area contributed by atoms with Crippen LogP contribution in [-0.2, 0) is 11.2 Å². The molecule has 0 spiro atoms. The number of methoxy groups -OCH3 is 1. The monoisotopic (exact) mass is 426 g/mol. The maximum absolute atomic E-state index is 11.9. The van der Waals surface area contributed by atoms with Gasteiger partial charge in [0, 0.05) is 31.6 Å². The summed E-state index contributed by atoms with van der Waals surface area (Å²) < 4.78 is 5.44. The minimum Gasteiger partial charge on any atom is -0.467 e. The minimum absolute atomic E-state index is 0.0209. The van der Waals surface area contributed by atoms with Crippen LogP contribution in [0.25, 0.3) is 22.0 Å². The van der Waals surface area contributed by atoms with Gasteiger partial charge in [-0.15, -0.1) is 0 Å². The Morgan fingerprint density at radius 2 is 2.00 bits per heavy atom. The summed E-state index contributed by atoms with van der Waals surface area (Å²) in [5, 5.41) is 1.01. The zero-order valence-corrected chi connectivity index (χ0v) is 18.3. The summed E-state index contributed by atoms with van der Waals surface area (Å²) in [7, 11) is 1.60. The molecule has 1 aliphatic heterocycles. The van der Waals surface area contributed by atoms with Crippen LogP contribution >= 0.6 is 0 Å². The highest BCUT2D eigenvalue weighted by molar-refractivity contribution is 5.93. The molecule has 2 heterocycles. The van der Waals surface area contributed by atoms with Gasteiger partial charge in [-0.25, -0.2) is 0 Å². The number of hydrogen-bond acceptors (Lipinski definition) is 5. The predicted molar refractivity (Wildman–Crippen MR) is 125 cm³/mol. The van der Waals surface area contributed by atoms with Gasteiger partial charge in [-0.1, -0.05) is 30.8 Å². The maximum Gasteiger partial charge on any atom is 0.318 e. The molecule has 3 aliphatic rings. The molecule has 1 saturated heterocycles. The van der Waals surface area contributed by atoms with Gasteiger partial charge in [0.25, 0.3) is 0 Å². The van der Waals surface area contributed by atoms with E-state index >= 15 is 0 Å². The summed E-state index contributed by atoms with van der Waals surface area (Å²) in [5.74, 6) is 2.48. The van der Waals surface area contributed by atoms with Gasteiger partial charge in [0.2, 0.25) is 5.91 Å². The van der Waals surface area contributed by atoms with Crippen molar-refractivity contribution in [3.63, 3.8) is 0 Å². The zero-order valence-electron chi connectivity index (χ0n) is 18.3. The predicted octanol–water partition coefficient (Wildman–Crippen LogP) is 3.80. The highest BCUT2D eigenvalue weighted by Crippen LogP contribution is 2.57. The van der Waals surface area contributed by atoms with E-state index in [9.17, 15) is 4.79 Å².